The SMILES string of the molecule is O=C(O)CCCCCCOc1ccccc1Sc1ccc2c(C=Cc3ccccn3)n[nH]c2c1. The fourth-order valence-electron chi connectivity index (χ4n) is 3.54. The number of H-pyrrole nitrogens is 1. The van der Waals surface area contributed by atoms with Gasteiger partial charge in [0, 0.05) is 22.9 Å². The van der Waals surface area contributed by atoms with Gasteiger partial charge in [-0.25, -0.2) is 0 Å². The molecule has 6 nitrogen and oxygen atoms in total. The molecule has 4 rings (SSSR count). The van der Waals surface area contributed by atoms with Gasteiger partial charge < -0.3 is 9.84 Å². The first-order chi connectivity index (χ1) is 16.7. The molecule has 2 N–H and O–H groups in total. The van der Waals surface area contributed by atoms with Crippen molar-refractivity contribution in [3.8, 4) is 5.75 Å². The van der Waals surface area contributed by atoms with E-state index in [0.29, 0.717) is 6.61 Å². The van der Waals surface area contributed by atoms with E-state index < -0.39 is 5.97 Å². The van der Waals surface area contributed by atoms with Gasteiger partial charge in [0.05, 0.1) is 28.4 Å². The number of hydrogen-bond donors (Lipinski definition) is 2. The Morgan fingerprint density at radius 1 is 1.00 bits per heavy atom. The summed E-state index contributed by atoms with van der Waals surface area (Å²) in [6, 6.07) is 20.1. The van der Waals surface area contributed by atoms with Gasteiger partial charge in [0.1, 0.15) is 5.75 Å². The Morgan fingerprint density at radius 3 is 2.71 bits per heavy atom. The van der Waals surface area contributed by atoms with Crippen molar-refractivity contribution < 1.29 is 14.6 Å². The topological polar surface area (TPSA) is 88.1 Å². The first-order valence-electron chi connectivity index (χ1n) is 11.4. The number of ether oxygens (including phenoxy) is 1. The Balaban J connectivity index is 1.36. The zero-order chi connectivity index (χ0) is 23.6. The average molecular weight is 474 g/mol. The minimum absolute atomic E-state index is 0.239. The van der Waals surface area contributed by atoms with E-state index in [1.54, 1.807) is 18.0 Å². The van der Waals surface area contributed by atoms with Crippen LogP contribution in [0.5, 0.6) is 5.75 Å². The number of hydrogen-bond acceptors (Lipinski definition) is 5. The number of nitrogens with zero attached hydrogens (tertiary/aromatic N) is 2. The minimum atomic E-state index is -0.729. The van der Waals surface area contributed by atoms with E-state index in [1.807, 2.05) is 48.6 Å². The summed E-state index contributed by atoms with van der Waals surface area (Å²) in [5, 5.41) is 17.3. The van der Waals surface area contributed by atoms with Crippen LogP contribution in [0, 0.1) is 0 Å². The van der Waals surface area contributed by atoms with Crippen LogP contribution in [-0.4, -0.2) is 32.9 Å². The molecule has 0 aliphatic carbocycles. The standard InChI is InChI=1S/C27H27N3O3S/c31-27(32)12-3-1-2-8-18-33-25-10-4-5-11-26(25)34-21-14-15-22-23(29-30-24(22)19-21)16-13-20-9-6-7-17-28-20/h4-7,9-11,13-17,19H,1-3,8,12,18H2,(H,29,30)(H,31,32). The van der Waals surface area contributed by atoms with Crippen molar-refractivity contribution in [3.63, 3.8) is 0 Å². The number of nitrogens with one attached hydrogen (secondary N) is 1. The van der Waals surface area contributed by atoms with Gasteiger partial charge in [-0.1, -0.05) is 42.8 Å². The maximum absolute atomic E-state index is 10.6. The maximum atomic E-state index is 10.6. The first-order valence-corrected chi connectivity index (χ1v) is 12.2. The highest BCUT2D eigenvalue weighted by molar-refractivity contribution is 7.99. The lowest BCUT2D eigenvalue weighted by Gasteiger charge is -2.11. The molecule has 7 heteroatoms. The fourth-order valence-corrected chi connectivity index (χ4v) is 4.48. The number of aliphatic carboxylic acids is 1. The summed E-state index contributed by atoms with van der Waals surface area (Å²) < 4.78 is 6.03. The molecule has 0 fully saturated rings. The zero-order valence-electron chi connectivity index (χ0n) is 18.8. The second-order valence-electron chi connectivity index (χ2n) is 7.86. The van der Waals surface area contributed by atoms with Crippen molar-refractivity contribution in [2.24, 2.45) is 0 Å². The van der Waals surface area contributed by atoms with Gasteiger partial charge in [0.25, 0.3) is 0 Å². The predicted molar refractivity (Wildman–Crippen MR) is 136 cm³/mol. The second-order valence-corrected chi connectivity index (χ2v) is 8.97. The molecule has 0 atom stereocenters. The molecule has 0 aliphatic heterocycles. The van der Waals surface area contributed by atoms with E-state index in [1.165, 1.54) is 0 Å². The Morgan fingerprint density at radius 2 is 1.85 bits per heavy atom. The molecule has 2 aromatic heterocycles. The number of para-hydroxylation sites is 1. The summed E-state index contributed by atoms with van der Waals surface area (Å²) in [5.41, 5.74) is 2.75. The quantitative estimate of drug-likeness (QED) is 0.223. The molecule has 0 amide bonds. The third-order valence-corrected chi connectivity index (χ3v) is 6.33. The van der Waals surface area contributed by atoms with Crippen LogP contribution >= 0.6 is 11.8 Å². The molecule has 2 aromatic carbocycles. The zero-order valence-corrected chi connectivity index (χ0v) is 19.6. The van der Waals surface area contributed by atoms with Crippen LogP contribution in [-0.2, 0) is 4.79 Å². The van der Waals surface area contributed by atoms with Crippen molar-refractivity contribution in [3.05, 3.63) is 78.2 Å². The van der Waals surface area contributed by atoms with Crippen LogP contribution in [0.1, 0.15) is 43.5 Å². The number of carboxylic acids is 1. The van der Waals surface area contributed by atoms with E-state index in [2.05, 4.69) is 39.4 Å². The fraction of sp³-hybridized carbons (Fsp3) is 0.222. The largest absolute Gasteiger partial charge is 0.492 e. The minimum Gasteiger partial charge on any atom is -0.492 e. The lowest BCUT2D eigenvalue weighted by atomic mass is 10.1. The van der Waals surface area contributed by atoms with Crippen molar-refractivity contribution in [2.75, 3.05) is 6.61 Å². The Labute approximate surface area is 203 Å². The highest BCUT2D eigenvalue weighted by Gasteiger charge is 2.09. The Kier molecular flexibility index (Phi) is 8.35. The molecule has 174 valence electrons. The first kappa shape index (κ1) is 23.6. The van der Waals surface area contributed by atoms with Crippen molar-refractivity contribution >= 4 is 40.8 Å². The molecule has 0 spiro atoms. The average Bonchev–Trinajstić information content (AvgIpc) is 3.26. The van der Waals surface area contributed by atoms with Gasteiger partial charge in [0.15, 0.2) is 0 Å². The number of carbonyl (C=O) groups is 1. The van der Waals surface area contributed by atoms with E-state index in [4.69, 9.17) is 9.84 Å². The number of aromatic amines is 1. The third-order valence-electron chi connectivity index (χ3n) is 5.28. The van der Waals surface area contributed by atoms with Gasteiger partial charge >= 0.3 is 5.97 Å². The molecular weight excluding hydrogens is 446 g/mol. The molecule has 0 bridgehead atoms. The van der Waals surface area contributed by atoms with Crippen molar-refractivity contribution in [1.82, 2.24) is 15.2 Å². The lowest BCUT2D eigenvalue weighted by Crippen LogP contribution is -1.99. The molecule has 0 aliphatic rings. The van der Waals surface area contributed by atoms with Crippen LogP contribution in [0.4, 0.5) is 0 Å². The summed E-state index contributed by atoms with van der Waals surface area (Å²) in [5.74, 6) is 0.134. The van der Waals surface area contributed by atoms with E-state index in [0.717, 1.165) is 63.5 Å². The number of carboxylic acid groups (broad SMARTS) is 1. The summed E-state index contributed by atoms with van der Waals surface area (Å²) in [7, 11) is 0. The van der Waals surface area contributed by atoms with Gasteiger partial charge in [-0.2, -0.15) is 5.10 Å². The summed E-state index contributed by atoms with van der Waals surface area (Å²) in [6.07, 6.45) is 9.45. The molecular formula is C27H27N3O3S. The van der Waals surface area contributed by atoms with Crippen LogP contribution in [0.3, 0.4) is 0 Å². The van der Waals surface area contributed by atoms with E-state index in [-0.39, 0.29) is 6.42 Å². The summed E-state index contributed by atoms with van der Waals surface area (Å²) in [4.78, 5) is 17.0. The van der Waals surface area contributed by atoms with Crippen LogP contribution < -0.4 is 4.74 Å². The van der Waals surface area contributed by atoms with E-state index >= 15 is 0 Å². The normalized spacial score (nSPS) is 11.3. The smallest absolute Gasteiger partial charge is 0.303 e. The second kappa shape index (κ2) is 12.0. The molecule has 0 unspecified atom stereocenters. The van der Waals surface area contributed by atoms with Crippen LogP contribution in [0.2, 0.25) is 0 Å². The van der Waals surface area contributed by atoms with Gasteiger partial charge in [0.2, 0.25) is 0 Å². The number of aromatic nitrogens is 3. The highest BCUT2D eigenvalue weighted by Crippen LogP contribution is 2.36. The van der Waals surface area contributed by atoms with Crippen molar-refractivity contribution in [2.45, 2.75) is 41.9 Å². The molecule has 2 heterocycles. The summed E-state index contributed by atoms with van der Waals surface area (Å²) >= 11 is 1.66. The highest BCUT2D eigenvalue weighted by atomic mass is 32.2. The number of fused-ring (bicyclic) bond motifs is 1. The predicted octanol–water partition coefficient (Wildman–Crippen LogP) is 6.69. The molecule has 34 heavy (non-hydrogen) atoms. The third kappa shape index (κ3) is 6.71. The lowest BCUT2D eigenvalue weighted by molar-refractivity contribution is -0.137. The van der Waals surface area contributed by atoms with Gasteiger partial charge in [-0.15, -0.1) is 0 Å². The molecule has 0 saturated heterocycles. The van der Waals surface area contributed by atoms with Gasteiger partial charge in [-0.3, -0.25) is 14.9 Å². The molecule has 0 radical (unpaired) electrons. The maximum Gasteiger partial charge on any atom is 0.303 e. The van der Waals surface area contributed by atoms with Crippen LogP contribution in [0.15, 0.2) is 76.7 Å². The number of pyridine rings is 1. The Bertz CT molecular complexity index is 1250. The monoisotopic (exact) mass is 473 g/mol. The van der Waals surface area contributed by atoms with Crippen LogP contribution in [0.25, 0.3) is 23.1 Å². The number of unbranched alkanes of at least 4 members (excludes halogenated alkanes) is 3. The van der Waals surface area contributed by atoms with E-state index in [9.17, 15) is 4.79 Å². The van der Waals surface area contributed by atoms with Gasteiger partial charge in [-0.05, 0) is 67.5 Å². The van der Waals surface area contributed by atoms with Crippen molar-refractivity contribution in [1.29, 1.82) is 0 Å². The number of benzene rings is 2. The number of rotatable bonds is 12. The Hall–Kier alpha value is -3.58. The summed E-state index contributed by atoms with van der Waals surface area (Å²) in [6.45, 7) is 0.621. The molecule has 4 aromatic rings. The molecule has 0 saturated carbocycles.